The average Bonchev–Trinajstić information content (AvgIpc) is 2.74. The predicted molar refractivity (Wildman–Crippen MR) is 118 cm³/mol. The molecule has 0 saturated heterocycles. The SMILES string of the molecule is CCCCOCCOCCC(CCCCC(=O)O)(CCOCCOCCCC)C(=O)O. The van der Waals surface area contributed by atoms with Crippen molar-refractivity contribution >= 4 is 11.9 Å². The third kappa shape index (κ3) is 17.1. The number of unbranched alkanes of at least 4 members (excludes halogenated alkanes) is 3. The molecule has 0 bridgehead atoms. The summed E-state index contributed by atoms with van der Waals surface area (Å²) in [6.45, 7) is 8.14. The summed E-state index contributed by atoms with van der Waals surface area (Å²) in [7, 11) is 0. The molecule has 0 amide bonds. The van der Waals surface area contributed by atoms with E-state index < -0.39 is 17.4 Å². The molecule has 0 aromatic rings. The first-order chi connectivity index (χ1) is 15.0. The van der Waals surface area contributed by atoms with Crippen LogP contribution in [0.4, 0.5) is 0 Å². The monoisotopic (exact) mass is 448 g/mol. The highest BCUT2D eigenvalue weighted by atomic mass is 16.5. The van der Waals surface area contributed by atoms with Crippen molar-refractivity contribution in [1.29, 1.82) is 0 Å². The quantitative estimate of drug-likeness (QED) is 0.212. The standard InChI is InChI=1S/C23H44O8/c1-3-5-13-28-17-19-30-15-11-23(22(26)27,10-8-7-9-21(24)25)12-16-31-20-18-29-14-6-4-2/h3-20H2,1-2H3,(H,24,25)(H,26,27). The molecule has 0 fully saturated rings. The summed E-state index contributed by atoms with van der Waals surface area (Å²) in [6, 6.07) is 0. The van der Waals surface area contributed by atoms with Crippen molar-refractivity contribution < 1.29 is 38.7 Å². The molecule has 0 aromatic carbocycles. The van der Waals surface area contributed by atoms with Gasteiger partial charge in [-0.25, -0.2) is 0 Å². The number of ether oxygens (including phenoxy) is 4. The summed E-state index contributed by atoms with van der Waals surface area (Å²) in [6.07, 6.45) is 6.37. The van der Waals surface area contributed by atoms with E-state index in [1.165, 1.54) is 0 Å². The van der Waals surface area contributed by atoms with E-state index in [4.69, 9.17) is 24.1 Å². The molecule has 0 aliphatic heterocycles. The Bertz CT molecular complexity index is 421. The molecule has 0 unspecified atom stereocenters. The number of aliphatic carboxylic acids is 2. The fraction of sp³-hybridized carbons (Fsp3) is 0.913. The molecule has 0 spiro atoms. The molecule has 0 atom stereocenters. The maximum absolute atomic E-state index is 12.1. The Hall–Kier alpha value is -1.22. The van der Waals surface area contributed by atoms with Gasteiger partial charge < -0.3 is 29.2 Å². The van der Waals surface area contributed by atoms with E-state index in [0.29, 0.717) is 85.0 Å². The fourth-order valence-electron chi connectivity index (χ4n) is 3.11. The first-order valence-corrected chi connectivity index (χ1v) is 11.7. The van der Waals surface area contributed by atoms with Crippen LogP contribution in [0.25, 0.3) is 0 Å². The van der Waals surface area contributed by atoms with Gasteiger partial charge in [0.15, 0.2) is 0 Å². The Labute approximate surface area is 187 Å². The summed E-state index contributed by atoms with van der Waals surface area (Å²) in [5, 5.41) is 18.8. The van der Waals surface area contributed by atoms with Crippen molar-refractivity contribution in [3.05, 3.63) is 0 Å². The normalized spacial score (nSPS) is 11.7. The van der Waals surface area contributed by atoms with Gasteiger partial charge >= 0.3 is 11.9 Å². The summed E-state index contributed by atoms with van der Waals surface area (Å²) >= 11 is 0. The van der Waals surface area contributed by atoms with Gasteiger partial charge in [0, 0.05) is 32.8 Å². The van der Waals surface area contributed by atoms with E-state index in [2.05, 4.69) is 13.8 Å². The van der Waals surface area contributed by atoms with Crippen molar-refractivity contribution in [3.8, 4) is 0 Å². The molecular formula is C23H44O8. The zero-order valence-electron chi connectivity index (χ0n) is 19.6. The van der Waals surface area contributed by atoms with Crippen molar-refractivity contribution in [2.45, 2.75) is 78.1 Å². The fourth-order valence-corrected chi connectivity index (χ4v) is 3.11. The number of hydrogen-bond donors (Lipinski definition) is 2. The van der Waals surface area contributed by atoms with Crippen molar-refractivity contribution in [2.75, 3.05) is 52.9 Å². The Morgan fingerprint density at radius 3 is 1.45 bits per heavy atom. The van der Waals surface area contributed by atoms with Crippen LogP contribution in [0.1, 0.15) is 78.1 Å². The van der Waals surface area contributed by atoms with Crippen LogP contribution in [0.2, 0.25) is 0 Å². The van der Waals surface area contributed by atoms with Crippen LogP contribution in [0.5, 0.6) is 0 Å². The Morgan fingerprint density at radius 2 is 1.06 bits per heavy atom. The highest BCUT2D eigenvalue weighted by Crippen LogP contribution is 2.34. The molecule has 0 saturated carbocycles. The maximum atomic E-state index is 12.1. The highest BCUT2D eigenvalue weighted by Gasteiger charge is 2.37. The van der Waals surface area contributed by atoms with Crippen LogP contribution in [0.15, 0.2) is 0 Å². The third-order valence-corrected chi connectivity index (χ3v) is 5.23. The van der Waals surface area contributed by atoms with Crippen molar-refractivity contribution in [3.63, 3.8) is 0 Å². The topological polar surface area (TPSA) is 112 Å². The van der Waals surface area contributed by atoms with E-state index in [1.807, 2.05) is 0 Å². The van der Waals surface area contributed by atoms with Crippen LogP contribution >= 0.6 is 0 Å². The van der Waals surface area contributed by atoms with E-state index in [0.717, 1.165) is 25.7 Å². The van der Waals surface area contributed by atoms with Crippen LogP contribution in [0.3, 0.4) is 0 Å². The minimum absolute atomic E-state index is 0.0485. The van der Waals surface area contributed by atoms with Gasteiger partial charge in [-0.05, 0) is 38.5 Å². The third-order valence-electron chi connectivity index (χ3n) is 5.23. The van der Waals surface area contributed by atoms with Gasteiger partial charge in [-0.3, -0.25) is 9.59 Å². The minimum Gasteiger partial charge on any atom is -0.481 e. The second-order valence-electron chi connectivity index (χ2n) is 7.84. The summed E-state index contributed by atoms with van der Waals surface area (Å²) in [4.78, 5) is 22.9. The Balaban J connectivity index is 4.44. The smallest absolute Gasteiger partial charge is 0.309 e. The van der Waals surface area contributed by atoms with Gasteiger partial charge in [0.25, 0.3) is 0 Å². The number of carbonyl (C=O) groups is 2. The molecule has 0 radical (unpaired) electrons. The highest BCUT2D eigenvalue weighted by molar-refractivity contribution is 5.74. The van der Waals surface area contributed by atoms with Crippen molar-refractivity contribution in [1.82, 2.24) is 0 Å². The molecule has 0 heterocycles. The van der Waals surface area contributed by atoms with Crippen LogP contribution in [-0.4, -0.2) is 75.0 Å². The second kappa shape index (κ2) is 20.7. The molecule has 2 N–H and O–H groups in total. The van der Waals surface area contributed by atoms with Gasteiger partial charge in [-0.15, -0.1) is 0 Å². The van der Waals surface area contributed by atoms with E-state index in [-0.39, 0.29) is 6.42 Å². The Kier molecular flexibility index (Phi) is 19.9. The minimum atomic E-state index is -0.982. The largest absolute Gasteiger partial charge is 0.481 e. The second-order valence-corrected chi connectivity index (χ2v) is 7.84. The molecule has 8 nitrogen and oxygen atoms in total. The lowest BCUT2D eigenvalue weighted by Crippen LogP contribution is -2.34. The summed E-state index contributed by atoms with van der Waals surface area (Å²) in [5.74, 6) is -1.74. The van der Waals surface area contributed by atoms with Crippen LogP contribution in [-0.2, 0) is 28.5 Å². The average molecular weight is 449 g/mol. The first-order valence-electron chi connectivity index (χ1n) is 11.7. The summed E-state index contributed by atoms with van der Waals surface area (Å²) < 4.78 is 22.1. The Morgan fingerprint density at radius 1 is 0.613 bits per heavy atom. The van der Waals surface area contributed by atoms with Gasteiger partial charge in [0.05, 0.1) is 31.8 Å². The molecule has 184 valence electrons. The van der Waals surface area contributed by atoms with Gasteiger partial charge in [-0.2, -0.15) is 0 Å². The van der Waals surface area contributed by atoms with Gasteiger partial charge in [0.2, 0.25) is 0 Å². The molecule has 0 aliphatic rings. The molecular weight excluding hydrogens is 404 g/mol. The van der Waals surface area contributed by atoms with Gasteiger partial charge in [0.1, 0.15) is 0 Å². The molecule has 0 aromatic heterocycles. The van der Waals surface area contributed by atoms with Crippen molar-refractivity contribution in [2.24, 2.45) is 5.41 Å². The number of carboxylic acid groups (broad SMARTS) is 2. The number of hydrogen-bond acceptors (Lipinski definition) is 6. The lowest BCUT2D eigenvalue weighted by molar-refractivity contribution is -0.152. The van der Waals surface area contributed by atoms with Crippen LogP contribution < -0.4 is 0 Å². The summed E-state index contributed by atoms with van der Waals surface area (Å²) in [5.41, 5.74) is -0.982. The maximum Gasteiger partial charge on any atom is 0.309 e. The van der Waals surface area contributed by atoms with E-state index >= 15 is 0 Å². The molecule has 0 aliphatic carbocycles. The molecule has 0 rings (SSSR count). The predicted octanol–water partition coefficient (Wildman–Crippen LogP) is 4.15. The molecule has 31 heavy (non-hydrogen) atoms. The zero-order valence-corrected chi connectivity index (χ0v) is 19.6. The van der Waals surface area contributed by atoms with E-state index in [1.54, 1.807) is 0 Å². The van der Waals surface area contributed by atoms with E-state index in [9.17, 15) is 14.7 Å². The van der Waals surface area contributed by atoms with Crippen LogP contribution in [0, 0.1) is 5.41 Å². The number of carboxylic acids is 2. The zero-order chi connectivity index (χ0) is 23.2. The first kappa shape index (κ1) is 29.8. The van der Waals surface area contributed by atoms with Gasteiger partial charge in [-0.1, -0.05) is 33.1 Å². The lowest BCUT2D eigenvalue weighted by Gasteiger charge is -2.29. The molecule has 8 heteroatoms. The number of rotatable bonds is 24. The lowest BCUT2D eigenvalue weighted by atomic mass is 9.77.